The maximum Gasteiger partial charge on any atom is 0.123 e. The van der Waals surface area contributed by atoms with Crippen LogP contribution in [0.5, 0.6) is 0 Å². The molecule has 3 rings (SSSR count). The first-order valence-electron chi connectivity index (χ1n) is 7.43. The first-order valence-corrected chi connectivity index (χ1v) is 7.43. The third-order valence-electron chi connectivity index (χ3n) is 4.92. The van der Waals surface area contributed by atoms with Crippen LogP contribution in [0.15, 0.2) is 24.3 Å². The molecule has 0 aliphatic heterocycles. The van der Waals surface area contributed by atoms with Crippen molar-refractivity contribution in [3.63, 3.8) is 0 Å². The largest absolute Gasteiger partial charge is 0.387 e. The molecule has 3 atom stereocenters. The van der Waals surface area contributed by atoms with Crippen LogP contribution in [0.2, 0.25) is 0 Å². The van der Waals surface area contributed by atoms with Gasteiger partial charge in [0, 0.05) is 5.69 Å². The summed E-state index contributed by atoms with van der Waals surface area (Å²) >= 11 is 0. The monoisotopic (exact) mass is 263 g/mol. The number of halogens is 1. The van der Waals surface area contributed by atoms with Gasteiger partial charge in [0.05, 0.1) is 11.6 Å². The van der Waals surface area contributed by atoms with Crippen LogP contribution in [0, 0.1) is 11.7 Å². The normalized spacial score (nSPS) is 34.6. The summed E-state index contributed by atoms with van der Waals surface area (Å²) in [5.41, 5.74) is 0.344. The summed E-state index contributed by atoms with van der Waals surface area (Å²) in [6.45, 7) is 0. The van der Waals surface area contributed by atoms with Crippen LogP contribution >= 0.6 is 0 Å². The highest BCUT2D eigenvalue weighted by Gasteiger charge is 2.47. The van der Waals surface area contributed by atoms with Gasteiger partial charge in [-0.25, -0.2) is 4.39 Å². The lowest BCUT2D eigenvalue weighted by atomic mass is 9.65. The molecule has 2 fully saturated rings. The van der Waals surface area contributed by atoms with E-state index in [1.54, 1.807) is 12.1 Å². The number of fused-ring (bicyclic) bond motifs is 1. The molecule has 19 heavy (non-hydrogen) atoms. The number of aliphatic hydroxyl groups is 1. The summed E-state index contributed by atoms with van der Waals surface area (Å²) in [7, 11) is 0. The lowest BCUT2D eigenvalue weighted by molar-refractivity contribution is -0.0835. The summed E-state index contributed by atoms with van der Waals surface area (Å²) in [6.07, 6.45) is 7.74. The molecule has 0 saturated heterocycles. The average Bonchev–Trinajstić information content (AvgIpc) is 2.42. The van der Waals surface area contributed by atoms with Crippen LogP contribution in [-0.2, 0) is 0 Å². The number of rotatable bonds is 2. The molecule has 0 bridgehead atoms. The molecule has 0 radical (unpaired) electrons. The Morgan fingerprint density at radius 2 is 1.79 bits per heavy atom. The molecule has 0 amide bonds. The van der Waals surface area contributed by atoms with Crippen molar-refractivity contribution in [1.29, 1.82) is 0 Å². The van der Waals surface area contributed by atoms with Gasteiger partial charge in [-0.3, -0.25) is 0 Å². The van der Waals surface area contributed by atoms with E-state index in [1.165, 1.54) is 25.0 Å². The van der Waals surface area contributed by atoms with E-state index < -0.39 is 5.60 Å². The Morgan fingerprint density at radius 3 is 2.58 bits per heavy atom. The second kappa shape index (κ2) is 5.12. The van der Waals surface area contributed by atoms with Gasteiger partial charge in [0.25, 0.3) is 0 Å². The van der Waals surface area contributed by atoms with E-state index in [2.05, 4.69) is 5.32 Å². The molecule has 0 spiro atoms. The molecule has 1 aromatic rings. The Balaban J connectivity index is 1.77. The molecule has 1 aromatic carbocycles. The number of benzene rings is 1. The van der Waals surface area contributed by atoms with Crippen molar-refractivity contribution < 1.29 is 9.50 Å². The minimum Gasteiger partial charge on any atom is -0.387 e. The first kappa shape index (κ1) is 12.9. The van der Waals surface area contributed by atoms with Crippen molar-refractivity contribution in [2.45, 2.75) is 56.6 Å². The Hall–Kier alpha value is -1.09. The smallest absolute Gasteiger partial charge is 0.123 e. The fourth-order valence-electron chi connectivity index (χ4n) is 3.87. The van der Waals surface area contributed by atoms with Gasteiger partial charge >= 0.3 is 0 Å². The summed E-state index contributed by atoms with van der Waals surface area (Å²) in [5, 5.41) is 14.5. The molecule has 2 saturated carbocycles. The van der Waals surface area contributed by atoms with Gasteiger partial charge in [-0.15, -0.1) is 0 Å². The molecule has 2 nitrogen and oxygen atoms in total. The second-order valence-electron chi connectivity index (χ2n) is 6.07. The van der Waals surface area contributed by atoms with Crippen molar-refractivity contribution in [3.05, 3.63) is 30.1 Å². The van der Waals surface area contributed by atoms with E-state index in [1.807, 2.05) is 0 Å². The van der Waals surface area contributed by atoms with Crippen LogP contribution < -0.4 is 5.32 Å². The van der Waals surface area contributed by atoms with Gasteiger partial charge in [-0.05, 0) is 55.9 Å². The molecular weight excluding hydrogens is 241 g/mol. The van der Waals surface area contributed by atoms with Crippen LogP contribution in [0.4, 0.5) is 10.1 Å². The SMILES string of the molecule is O[C@]12CCCC[C@H]1CCCC2Nc1ccc(F)cc1. The zero-order valence-electron chi connectivity index (χ0n) is 11.2. The van der Waals surface area contributed by atoms with Crippen molar-refractivity contribution in [1.82, 2.24) is 0 Å². The minimum atomic E-state index is -0.565. The van der Waals surface area contributed by atoms with E-state index in [0.29, 0.717) is 5.92 Å². The van der Waals surface area contributed by atoms with Gasteiger partial charge in [0.1, 0.15) is 5.82 Å². The predicted octanol–water partition coefficient (Wildman–Crippen LogP) is 3.71. The van der Waals surface area contributed by atoms with Crippen LogP contribution in [0.25, 0.3) is 0 Å². The van der Waals surface area contributed by atoms with E-state index in [4.69, 9.17) is 0 Å². The van der Waals surface area contributed by atoms with Crippen molar-refractivity contribution in [2.75, 3.05) is 5.32 Å². The first-order chi connectivity index (χ1) is 9.18. The third-order valence-corrected chi connectivity index (χ3v) is 4.92. The lowest BCUT2D eigenvalue weighted by Gasteiger charge is -2.49. The predicted molar refractivity (Wildman–Crippen MR) is 74.6 cm³/mol. The Labute approximate surface area is 114 Å². The topological polar surface area (TPSA) is 32.3 Å². The fourth-order valence-corrected chi connectivity index (χ4v) is 3.87. The highest BCUT2D eigenvalue weighted by Crippen LogP contribution is 2.44. The zero-order valence-corrected chi connectivity index (χ0v) is 11.2. The standard InChI is InChI=1S/C16H22FNO/c17-13-7-9-14(10-8-13)18-15-6-3-5-12-4-1-2-11-16(12,15)19/h7-10,12,15,18-19H,1-6,11H2/t12-,15?,16+/m0/s1. The maximum atomic E-state index is 12.9. The third kappa shape index (κ3) is 2.48. The van der Waals surface area contributed by atoms with Gasteiger partial charge in [-0.1, -0.05) is 19.3 Å². The lowest BCUT2D eigenvalue weighted by Crippen LogP contribution is -2.56. The Morgan fingerprint density at radius 1 is 1.05 bits per heavy atom. The summed E-state index contributed by atoms with van der Waals surface area (Å²) in [6, 6.07) is 6.55. The number of anilines is 1. The molecule has 2 aliphatic rings. The molecule has 3 heteroatoms. The van der Waals surface area contributed by atoms with Crippen LogP contribution in [0.1, 0.15) is 44.9 Å². The van der Waals surface area contributed by atoms with Gasteiger partial charge in [0.2, 0.25) is 0 Å². The average molecular weight is 263 g/mol. The molecule has 2 aliphatic carbocycles. The van der Waals surface area contributed by atoms with Crippen LogP contribution in [-0.4, -0.2) is 16.7 Å². The summed E-state index contributed by atoms with van der Waals surface area (Å²) in [4.78, 5) is 0. The second-order valence-corrected chi connectivity index (χ2v) is 6.07. The highest BCUT2D eigenvalue weighted by molar-refractivity contribution is 5.44. The van der Waals surface area contributed by atoms with E-state index in [0.717, 1.165) is 37.8 Å². The summed E-state index contributed by atoms with van der Waals surface area (Å²) in [5.74, 6) is 0.219. The summed E-state index contributed by atoms with van der Waals surface area (Å²) < 4.78 is 12.9. The Kier molecular flexibility index (Phi) is 3.48. The molecule has 1 unspecified atom stereocenters. The molecule has 104 valence electrons. The fraction of sp³-hybridized carbons (Fsp3) is 0.625. The van der Waals surface area contributed by atoms with Gasteiger partial charge < -0.3 is 10.4 Å². The van der Waals surface area contributed by atoms with E-state index >= 15 is 0 Å². The van der Waals surface area contributed by atoms with E-state index in [-0.39, 0.29) is 11.9 Å². The van der Waals surface area contributed by atoms with Gasteiger partial charge in [-0.2, -0.15) is 0 Å². The van der Waals surface area contributed by atoms with Crippen molar-refractivity contribution in [3.8, 4) is 0 Å². The molecular formula is C16H22FNO. The maximum absolute atomic E-state index is 12.9. The minimum absolute atomic E-state index is 0.108. The number of nitrogens with one attached hydrogen (secondary N) is 1. The molecule has 0 heterocycles. The van der Waals surface area contributed by atoms with E-state index in [9.17, 15) is 9.50 Å². The quantitative estimate of drug-likeness (QED) is 0.852. The van der Waals surface area contributed by atoms with Crippen molar-refractivity contribution >= 4 is 5.69 Å². The zero-order chi connectivity index (χ0) is 13.3. The van der Waals surface area contributed by atoms with Crippen LogP contribution in [0.3, 0.4) is 0 Å². The van der Waals surface area contributed by atoms with Gasteiger partial charge in [0.15, 0.2) is 0 Å². The van der Waals surface area contributed by atoms with Crippen molar-refractivity contribution in [2.24, 2.45) is 5.92 Å². The number of hydrogen-bond acceptors (Lipinski definition) is 2. The Bertz CT molecular complexity index is 431. The molecule has 2 N–H and O–H groups in total. The molecule has 0 aromatic heterocycles. The highest BCUT2D eigenvalue weighted by atomic mass is 19.1. The number of hydrogen-bond donors (Lipinski definition) is 2.